The van der Waals surface area contributed by atoms with Gasteiger partial charge >= 0.3 is 24.3 Å². The fourth-order valence-corrected chi connectivity index (χ4v) is 10.6. The van der Waals surface area contributed by atoms with Gasteiger partial charge in [-0.3, -0.25) is 9.59 Å². The maximum Gasteiger partial charge on any atom is 0.392 e. The Hall–Kier alpha value is -2.26. The third kappa shape index (κ3) is 4.17. The van der Waals surface area contributed by atoms with E-state index < -0.39 is 70.6 Å². The minimum absolute atomic E-state index is 0.112. The third-order valence-electron chi connectivity index (χ3n) is 11.4. The lowest BCUT2D eigenvalue weighted by Crippen LogP contribution is -2.58. The van der Waals surface area contributed by atoms with Gasteiger partial charge in [0.25, 0.3) is 0 Å². The standard InChI is InChI=1S/C30H32F6O4/c31-29(32,33)23-17-5-15-6-18(23)12-27(9-15,11-17)25(37)39-21-1-2-22(4-3-21)40-26(38)28-10-16-7-19(13-28)24(30(34,35)36)20(8-16)14-28/h1-4,15-20,23-24H,5-14H2. The SMILES string of the molecule is O=C(Oc1ccc(OC(=O)C23CC4CC(C2)C(C(F)(F)F)C(C4)C3)cc1)C12CC3CC(C1)C(C(F)(F)F)C(C3)C2. The molecule has 0 aromatic heterocycles. The van der Waals surface area contributed by atoms with E-state index in [1.165, 1.54) is 24.3 Å². The minimum Gasteiger partial charge on any atom is -0.426 e. The van der Waals surface area contributed by atoms with Crippen LogP contribution >= 0.6 is 0 Å². The molecule has 0 amide bonds. The van der Waals surface area contributed by atoms with Gasteiger partial charge in [0.2, 0.25) is 0 Å². The molecule has 218 valence electrons. The van der Waals surface area contributed by atoms with Crippen molar-refractivity contribution in [3.8, 4) is 11.5 Å². The van der Waals surface area contributed by atoms with Gasteiger partial charge in [0.05, 0.1) is 22.7 Å². The van der Waals surface area contributed by atoms with Gasteiger partial charge in [-0.05, 0) is 124 Å². The third-order valence-corrected chi connectivity index (χ3v) is 11.4. The first-order valence-electron chi connectivity index (χ1n) is 14.4. The summed E-state index contributed by atoms with van der Waals surface area (Å²) in [5, 5.41) is 0. The summed E-state index contributed by atoms with van der Waals surface area (Å²) in [6.07, 6.45) is -4.58. The van der Waals surface area contributed by atoms with E-state index in [2.05, 4.69) is 0 Å². The first-order chi connectivity index (χ1) is 18.7. The fraction of sp³-hybridized carbons (Fsp3) is 0.733. The van der Waals surface area contributed by atoms with Crippen LogP contribution in [0.25, 0.3) is 0 Å². The molecule has 1 aromatic carbocycles. The number of benzene rings is 1. The van der Waals surface area contributed by atoms with Gasteiger partial charge in [-0.2, -0.15) is 26.3 Å². The van der Waals surface area contributed by atoms with Crippen molar-refractivity contribution in [2.24, 2.45) is 58.2 Å². The molecule has 0 aliphatic heterocycles. The number of esters is 2. The van der Waals surface area contributed by atoms with Gasteiger partial charge in [0, 0.05) is 0 Å². The Balaban J connectivity index is 1.01. The van der Waals surface area contributed by atoms with Crippen LogP contribution < -0.4 is 9.47 Å². The maximum absolute atomic E-state index is 13.7. The Morgan fingerprint density at radius 1 is 0.575 bits per heavy atom. The highest BCUT2D eigenvalue weighted by Crippen LogP contribution is 2.66. The van der Waals surface area contributed by atoms with Crippen molar-refractivity contribution in [1.82, 2.24) is 0 Å². The first-order valence-corrected chi connectivity index (χ1v) is 14.4. The van der Waals surface area contributed by atoms with E-state index in [-0.39, 0.29) is 49.0 Å². The molecule has 8 saturated carbocycles. The lowest BCUT2D eigenvalue weighted by Gasteiger charge is -2.58. The highest BCUT2D eigenvalue weighted by atomic mass is 19.4. The van der Waals surface area contributed by atoms with Gasteiger partial charge < -0.3 is 9.47 Å². The number of ether oxygens (including phenoxy) is 2. The van der Waals surface area contributed by atoms with Gasteiger partial charge in [0.15, 0.2) is 0 Å². The summed E-state index contributed by atoms with van der Waals surface area (Å²) in [5.41, 5.74) is -1.79. The fourth-order valence-electron chi connectivity index (χ4n) is 10.6. The molecule has 0 heterocycles. The molecule has 40 heavy (non-hydrogen) atoms. The number of carbonyl (C=O) groups is 2. The second-order valence-electron chi connectivity index (χ2n) is 13.9. The monoisotopic (exact) mass is 570 g/mol. The molecule has 8 bridgehead atoms. The lowest BCUT2D eigenvalue weighted by molar-refractivity contribution is -0.251. The van der Waals surface area contributed by atoms with Gasteiger partial charge in [-0.15, -0.1) is 0 Å². The van der Waals surface area contributed by atoms with Crippen LogP contribution in [-0.4, -0.2) is 24.3 Å². The Morgan fingerprint density at radius 3 is 1.15 bits per heavy atom. The van der Waals surface area contributed by atoms with Crippen molar-refractivity contribution in [2.75, 3.05) is 0 Å². The van der Waals surface area contributed by atoms with Crippen molar-refractivity contribution in [3.63, 3.8) is 0 Å². The number of carbonyl (C=O) groups excluding carboxylic acids is 2. The smallest absolute Gasteiger partial charge is 0.392 e. The molecule has 8 fully saturated rings. The highest BCUT2D eigenvalue weighted by Gasteiger charge is 2.66. The predicted octanol–water partition coefficient (Wildman–Crippen LogP) is 7.51. The zero-order valence-electron chi connectivity index (χ0n) is 21.9. The number of rotatable bonds is 4. The molecule has 0 N–H and O–H groups in total. The molecule has 4 unspecified atom stereocenters. The van der Waals surface area contributed by atoms with Crippen LogP contribution in [-0.2, 0) is 9.59 Å². The van der Waals surface area contributed by atoms with Crippen LogP contribution in [0.1, 0.15) is 64.2 Å². The van der Waals surface area contributed by atoms with Crippen LogP contribution in [0, 0.1) is 58.2 Å². The summed E-state index contributed by atoms with van der Waals surface area (Å²) in [5.74, 6) is -5.19. The molecule has 0 radical (unpaired) electrons. The second-order valence-corrected chi connectivity index (χ2v) is 13.9. The molecule has 0 saturated heterocycles. The molecule has 4 nitrogen and oxygen atoms in total. The Bertz CT molecular complexity index is 1080. The van der Waals surface area contributed by atoms with Crippen molar-refractivity contribution < 1.29 is 45.4 Å². The Labute approximate surface area is 228 Å². The summed E-state index contributed by atoms with van der Waals surface area (Å²) in [6.45, 7) is 0. The quantitative estimate of drug-likeness (QED) is 0.214. The number of halogens is 6. The molecule has 8 aliphatic carbocycles. The van der Waals surface area contributed by atoms with E-state index in [0.717, 1.165) is 0 Å². The van der Waals surface area contributed by atoms with Crippen molar-refractivity contribution in [2.45, 2.75) is 76.6 Å². The average molecular weight is 571 g/mol. The molecule has 10 heteroatoms. The molecular formula is C30H32F6O4. The maximum atomic E-state index is 13.7. The largest absolute Gasteiger partial charge is 0.426 e. The van der Waals surface area contributed by atoms with E-state index in [1.54, 1.807) is 0 Å². The summed E-state index contributed by atoms with van der Waals surface area (Å²) < 4.78 is 93.4. The minimum atomic E-state index is -4.25. The molecule has 8 aliphatic rings. The van der Waals surface area contributed by atoms with Gasteiger partial charge in [-0.1, -0.05) is 0 Å². The van der Waals surface area contributed by atoms with E-state index in [9.17, 15) is 35.9 Å². The summed E-state index contributed by atoms with van der Waals surface area (Å²) in [4.78, 5) is 26.5. The molecule has 9 rings (SSSR count). The molecular weight excluding hydrogens is 538 g/mol. The predicted molar refractivity (Wildman–Crippen MR) is 129 cm³/mol. The van der Waals surface area contributed by atoms with E-state index in [0.29, 0.717) is 38.5 Å². The van der Waals surface area contributed by atoms with Gasteiger partial charge in [-0.25, -0.2) is 0 Å². The van der Waals surface area contributed by atoms with Crippen molar-refractivity contribution in [3.05, 3.63) is 24.3 Å². The summed E-state index contributed by atoms with van der Waals surface area (Å²) >= 11 is 0. The van der Waals surface area contributed by atoms with Gasteiger partial charge in [0.1, 0.15) is 11.5 Å². The van der Waals surface area contributed by atoms with Crippen LogP contribution in [0.5, 0.6) is 11.5 Å². The van der Waals surface area contributed by atoms with Crippen LogP contribution in [0.4, 0.5) is 26.3 Å². The zero-order chi connectivity index (χ0) is 28.2. The highest BCUT2D eigenvalue weighted by molar-refractivity contribution is 5.81. The number of hydrogen-bond acceptors (Lipinski definition) is 4. The average Bonchev–Trinajstić information content (AvgIpc) is 2.82. The van der Waals surface area contributed by atoms with Crippen molar-refractivity contribution in [1.29, 1.82) is 0 Å². The van der Waals surface area contributed by atoms with Crippen LogP contribution in [0.3, 0.4) is 0 Å². The Morgan fingerprint density at radius 2 is 0.875 bits per heavy atom. The number of alkyl halides is 6. The second kappa shape index (κ2) is 8.63. The van der Waals surface area contributed by atoms with E-state index in [1.807, 2.05) is 0 Å². The summed E-state index contributed by atoms with van der Waals surface area (Å²) in [7, 11) is 0. The zero-order valence-corrected chi connectivity index (χ0v) is 21.9. The van der Waals surface area contributed by atoms with Crippen molar-refractivity contribution >= 4 is 11.9 Å². The van der Waals surface area contributed by atoms with Crippen LogP contribution in [0.2, 0.25) is 0 Å². The molecule has 4 atom stereocenters. The Kier molecular flexibility index (Phi) is 5.75. The molecule has 0 spiro atoms. The molecule has 1 aromatic rings. The lowest BCUT2D eigenvalue weighted by atomic mass is 9.46. The van der Waals surface area contributed by atoms with E-state index in [4.69, 9.17) is 9.47 Å². The number of hydrogen-bond donors (Lipinski definition) is 0. The van der Waals surface area contributed by atoms with Crippen LogP contribution in [0.15, 0.2) is 24.3 Å². The summed E-state index contributed by atoms with van der Waals surface area (Å²) in [6, 6.07) is 5.94. The van der Waals surface area contributed by atoms with E-state index >= 15 is 0 Å². The normalized spacial score (nSPS) is 43.1. The first kappa shape index (κ1) is 26.6. The topological polar surface area (TPSA) is 52.6 Å².